The lowest BCUT2D eigenvalue weighted by Gasteiger charge is -2.31. The zero-order chi connectivity index (χ0) is 23.5. The van der Waals surface area contributed by atoms with Crippen molar-refractivity contribution in [3.63, 3.8) is 0 Å². The summed E-state index contributed by atoms with van der Waals surface area (Å²) in [6, 6.07) is 14.6. The largest absolute Gasteiger partial charge is 0.489 e. The summed E-state index contributed by atoms with van der Waals surface area (Å²) in [5.41, 5.74) is 10.8. The number of nitrogens with two attached hydrogens (primary N) is 1. The first-order valence-corrected chi connectivity index (χ1v) is 12.5. The summed E-state index contributed by atoms with van der Waals surface area (Å²) >= 11 is 0. The van der Waals surface area contributed by atoms with E-state index in [0.717, 1.165) is 74.0 Å². The first-order chi connectivity index (χ1) is 17.2. The fourth-order valence-corrected chi connectivity index (χ4v) is 5.74. The summed E-state index contributed by atoms with van der Waals surface area (Å²) in [5.74, 6) is 2.16. The Bertz CT molecular complexity index is 1450. The van der Waals surface area contributed by atoms with Crippen LogP contribution in [0.4, 0.5) is 0 Å². The molecule has 8 heteroatoms. The number of aromatic nitrogens is 3. The lowest BCUT2D eigenvalue weighted by atomic mass is 10.0. The topological polar surface area (TPSA) is 87.5 Å². The number of amides is 1. The summed E-state index contributed by atoms with van der Waals surface area (Å²) in [6.07, 6.45) is 1.90. The van der Waals surface area contributed by atoms with Crippen LogP contribution in [0.5, 0.6) is 5.75 Å². The average molecular weight is 472 g/mol. The third kappa shape index (κ3) is 3.43. The molecule has 0 spiro atoms. The van der Waals surface area contributed by atoms with E-state index in [2.05, 4.69) is 39.5 Å². The fourth-order valence-electron chi connectivity index (χ4n) is 5.74. The molecule has 2 aromatic carbocycles. The molecule has 0 aliphatic carbocycles. The average Bonchev–Trinajstić information content (AvgIpc) is 3.40. The predicted octanol–water partition coefficient (Wildman–Crippen LogP) is 3.26. The second-order valence-electron chi connectivity index (χ2n) is 10.0. The number of carbonyl (C=O) groups excluding carboxylic acids is 1. The molecular weight excluding hydrogens is 442 g/mol. The molecule has 1 unspecified atom stereocenters. The second-order valence-corrected chi connectivity index (χ2v) is 10.0. The van der Waals surface area contributed by atoms with Crippen LogP contribution in [-0.4, -0.2) is 63.9 Å². The maximum Gasteiger partial charge on any atom is 0.254 e. The number of fused-ring (bicyclic) bond motifs is 1. The van der Waals surface area contributed by atoms with Crippen LogP contribution in [0, 0.1) is 5.92 Å². The van der Waals surface area contributed by atoms with Crippen LogP contribution in [0.2, 0.25) is 0 Å². The Morgan fingerprint density at radius 2 is 2.03 bits per heavy atom. The highest BCUT2D eigenvalue weighted by atomic mass is 16.5. The number of hydrogen-bond acceptors (Lipinski definition) is 5. The number of rotatable bonds is 4. The molecule has 2 fully saturated rings. The van der Waals surface area contributed by atoms with E-state index < -0.39 is 0 Å². The molecule has 1 atom stereocenters. The van der Waals surface area contributed by atoms with E-state index in [1.54, 1.807) is 0 Å². The molecule has 5 heterocycles. The molecule has 35 heavy (non-hydrogen) atoms. The van der Waals surface area contributed by atoms with Gasteiger partial charge in [0.1, 0.15) is 17.9 Å². The molecular formula is C27H29N5O3. The Morgan fingerprint density at radius 1 is 1.14 bits per heavy atom. The van der Waals surface area contributed by atoms with Gasteiger partial charge in [-0.3, -0.25) is 4.79 Å². The minimum atomic E-state index is 0.00247. The van der Waals surface area contributed by atoms with Gasteiger partial charge in [-0.1, -0.05) is 18.2 Å². The molecule has 1 amide bonds. The molecule has 3 aliphatic rings. The molecule has 4 aromatic rings. The first-order valence-electron chi connectivity index (χ1n) is 12.5. The number of piperidine rings is 1. The Morgan fingerprint density at radius 3 is 2.86 bits per heavy atom. The van der Waals surface area contributed by atoms with Gasteiger partial charge in [0.2, 0.25) is 0 Å². The number of likely N-dealkylation sites (tertiary alicyclic amines) is 1. The molecule has 0 saturated carbocycles. The van der Waals surface area contributed by atoms with Crippen LogP contribution in [0.25, 0.3) is 33.5 Å². The molecule has 8 nitrogen and oxygen atoms in total. The summed E-state index contributed by atoms with van der Waals surface area (Å²) in [6.45, 7) is 5.10. The molecule has 7 rings (SSSR count). The summed E-state index contributed by atoms with van der Waals surface area (Å²) < 4.78 is 16.1. The maximum atomic E-state index is 13.3. The van der Waals surface area contributed by atoms with E-state index in [9.17, 15) is 4.79 Å². The predicted molar refractivity (Wildman–Crippen MR) is 134 cm³/mol. The van der Waals surface area contributed by atoms with Gasteiger partial charge in [-0.05, 0) is 37.1 Å². The Balaban J connectivity index is 1.35. The van der Waals surface area contributed by atoms with Gasteiger partial charge in [0, 0.05) is 48.1 Å². The van der Waals surface area contributed by atoms with Crippen molar-refractivity contribution in [3.05, 3.63) is 48.0 Å². The normalized spacial score (nSPS) is 20.3. The highest BCUT2D eigenvalue weighted by Gasteiger charge is 2.28. The van der Waals surface area contributed by atoms with Gasteiger partial charge < -0.3 is 29.2 Å². The van der Waals surface area contributed by atoms with Crippen LogP contribution in [0.1, 0.15) is 23.2 Å². The first kappa shape index (κ1) is 21.0. The van der Waals surface area contributed by atoms with Gasteiger partial charge in [0.05, 0.1) is 31.0 Å². The number of carbonyl (C=O) groups is 1. The van der Waals surface area contributed by atoms with Crippen molar-refractivity contribution >= 4 is 27.8 Å². The third-order valence-electron chi connectivity index (χ3n) is 7.56. The van der Waals surface area contributed by atoms with Crippen LogP contribution in [0.3, 0.4) is 0 Å². The van der Waals surface area contributed by atoms with Crippen molar-refractivity contribution in [1.82, 2.24) is 19.0 Å². The standard InChI is InChI=1S/C27H29N5O3/c28-20-5-3-7-30(14-20)27(33)19-10-21-25-24(12-19)35-9-8-31(25)26(29-21)23-11-18-4-1-2-6-22(18)32(23)13-17-15-34-16-17/h1-2,4,6,10-12,17,20H,3,5,7-9,13-16,28H2. The quantitative estimate of drug-likeness (QED) is 0.494. The number of nitrogens with zero attached hydrogens (tertiary/aromatic N) is 4. The Labute approximate surface area is 203 Å². The van der Waals surface area contributed by atoms with Crippen molar-refractivity contribution < 1.29 is 14.3 Å². The van der Waals surface area contributed by atoms with Crippen molar-refractivity contribution in [1.29, 1.82) is 0 Å². The zero-order valence-corrected chi connectivity index (χ0v) is 19.7. The molecule has 3 aliphatic heterocycles. The van der Waals surface area contributed by atoms with Crippen LogP contribution in [-0.2, 0) is 17.8 Å². The molecule has 180 valence electrons. The van der Waals surface area contributed by atoms with Crippen molar-refractivity contribution in [2.24, 2.45) is 11.7 Å². The number of hydrogen-bond donors (Lipinski definition) is 1. The van der Waals surface area contributed by atoms with Gasteiger partial charge in [0.25, 0.3) is 5.91 Å². The van der Waals surface area contributed by atoms with E-state index in [1.807, 2.05) is 17.0 Å². The SMILES string of the molecule is NC1CCCN(C(=O)c2cc3c4c(c2)nc(-c2cc5ccccc5n2CC2COC2)n4CCO3)C1. The summed E-state index contributed by atoms with van der Waals surface area (Å²) in [7, 11) is 0. The Kier molecular flexibility index (Phi) is 4.85. The van der Waals surface area contributed by atoms with Gasteiger partial charge in [-0.15, -0.1) is 0 Å². The summed E-state index contributed by atoms with van der Waals surface area (Å²) in [4.78, 5) is 20.3. The van der Waals surface area contributed by atoms with Crippen LogP contribution in [0.15, 0.2) is 42.5 Å². The fraction of sp³-hybridized carbons (Fsp3) is 0.407. The minimum absolute atomic E-state index is 0.00247. The van der Waals surface area contributed by atoms with Crippen molar-refractivity contribution in [3.8, 4) is 17.3 Å². The van der Waals surface area contributed by atoms with E-state index in [4.69, 9.17) is 20.2 Å². The molecule has 2 aromatic heterocycles. The van der Waals surface area contributed by atoms with Gasteiger partial charge >= 0.3 is 0 Å². The smallest absolute Gasteiger partial charge is 0.254 e. The van der Waals surface area contributed by atoms with Gasteiger partial charge in [0.15, 0.2) is 5.82 Å². The molecule has 2 saturated heterocycles. The number of ether oxygens (including phenoxy) is 2. The maximum absolute atomic E-state index is 13.3. The van der Waals surface area contributed by atoms with Crippen molar-refractivity contribution in [2.75, 3.05) is 32.9 Å². The number of benzene rings is 2. The van der Waals surface area contributed by atoms with E-state index in [1.165, 1.54) is 10.9 Å². The lowest BCUT2D eigenvalue weighted by molar-refractivity contribution is -0.0387. The zero-order valence-electron chi connectivity index (χ0n) is 19.7. The molecule has 2 N–H and O–H groups in total. The second kappa shape index (κ2) is 8.10. The van der Waals surface area contributed by atoms with E-state index in [-0.39, 0.29) is 11.9 Å². The summed E-state index contributed by atoms with van der Waals surface area (Å²) in [5, 5.41) is 1.20. The Hall–Kier alpha value is -3.36. The molecule has 0 radical (unpaired) electrons. The monoisotopic (exact) mass is 471 g/mol. The van der Waals surface area contributed by atoms with Crippen molar-refractivity contribution in [2.45, 2.75) is 32.0 Å². The van der Waals surface area contributed by atoms with E-state index >= 15 is 0 Å². The highest BCUT2D eigenvalue weighted by Crippen LogP contribution is 2.37. The van der Waals surface area contributed by atoms with Crippen LogP contribution < -0.4 is 10.5 Å². The van der Waals surface area contributed by atoms with Gasteiger partial charge in [-0.2, -0.15) is 0 Å². The van der Waals surface area contributed by atoms with Gasteiger partial charge in [-0.25, -0.2) is 4.98 Å². The molecule has 0 bridgehead atoms. The van der Waals surface area contributed by atoms with Crippen LogP contribution >= 0.6 is 0 Å². The number of para-hydroxylation sites is 1. The third-order valence-corrected chi connectivity index (χ3v) is 7.56. The lowest BCUT2D eigenvalue weighted by Crippen LogP contribution is -2.45. The number of imidazole rings is 1. The van der Waals surface area contributed by atoms with E-state index in [0.29, 0.717) is 24.6 Å². The highest BCUT2D eigenvalue weighted by molar-refractivity contribution is 6.00. The minimum Gasteiger partial charge on any atom is -0.489 e.